The molecule has 188 valence electrons. The molecule has 1 aliphatic rings. The van der Waals surface area contributed by atoms with Crippen LogP contribution in [0.5, 0.6) is 5.75 Å². The minimum atomic E-state index is -0.801. The predicted molar refractivity (Wildman–Crippen MR) is 142 cm³/mol. The van der Waals surface area contributed by atoms with Crippen molar-refractivity contribution in [2.75, 3.05) is 11.9 Å². The molecule has 6 nitrogen and oxygen atoms in total. The van der Waals surface area contributed by atoms with Crippen LogP contribution in [0.3, 0.4) is 0 Å². The molecule has 1 saturated carbocycles. The van der Waals surface area contributed by atoms with E-state index in [2.05, 4.69) is 74.8 Å². The molecule has 1 aliphatic carbocycles. The fourth-order valence-electron chi connectivity index (χ4n) is 5.61. The minimum Gasteiger partial charge on any atom is -0.494 e. The molecule has 1 heterocycles. The van der Waals surface area contributed by atoms with Crippen molar-refractivity contribution >= 4 is 28.6 Å². The molecule has 6 heteroatoms. The van der Waals surface area contributed by atoms with Crippen molar-refractivity contribution < 1.29 is 14.6 Å². The van der Waals surface area contributed by atoms with Gasteiger partial charge < -0.3 is 19.7 Å². The van der Waals surface area contributed by atoms with Crippen molar-refractivity contribution in [3.63, 3.8) is 0 Å². The Labute approximate surface area is 208 Å². The highest BCUT2D eigenvalue weighted by molar-refractivity contribution is 5.81. The maximum atomic E-state index is 10.8. The van der Waals surface area contributed by atoms with Crippen LogP contribution < -0.4 is 10.1 Å². The third-order valence-corrected chi connectivity index (χ3v) is 7.03. The molecule has 4 rings (SSSR count). The average molecular weight is 478 g/mol. The first-order valence-corrected chi connectivity index (χ1v) is 12.8. The maximum Gasteiger partial charge on any atom is 0.303 e. The molecular weight excluding hydrogens is 438 g/mol. The van der Waals surface area contributed by atoms with E-state index in [1.54, 1.807) is 0 Å². The van der Waals surface area contributed by atoms with E-state index in [0.29, 0.717) is 30.9 Å². The highest BCUT2D eigenvalue weighted by Crippen LogP contribution is 2.46. The zero-order chi connectivity index (χ0) is 25.2. The van der Waals surface area contributed by atoms with Crippen molar-refractivity contribution in [1.29, 1.82) is 0 Å². The summed E-state index contributed by atoms with van der Waals surface area (Å²) in [5, 5.41) is 12.5. The van der Waals surface area contributed by atoms with Crippen LogP contribution in [0, 0.1) is 11.3 Å². The summed E-state index contributed by atoms with van der Waals surface area (Å²) in [6.45, 7) is 11.9. The maximum absolute atomic E-state index is 10.8. The highest BCUT2D eigenvalue weighted by Gasteiger charge is 2.34. The van der Waals surface area contributed by atoms with Gasteiger partial charge in [-0.25, -0.2) is 4.98 Å². The Morgan fingerprint density at radius 3 is 2.60 bits per heavy atom. The molecule has 0 saturated heterocycles. The topological polar surface area (TPSA) is 76.4 Å². The van der Waals surface area contributed by atoms with Crippen molar-refractivity contribution in [2.24, 2.45) is 11.3 Å². The largest absolute Gasteiger partial charge is 0.494 e. The second-order valence-electron chi connectivity index (χ2n) is 11.3. The molecule has 2 aromatic carbocycles. The van der Waals surface area contributed by atoms with Crippen molar-refractivity contribution in [3.05, 3.63) is 48.0 Å². The van der Waals surface area contributed by atoms with Gasteiger partial charge in [0, 0.05) is 24.2 Å². The van der Waals surface area contributed by atoms with Crippen LogP contribution in [0.25, 0.3) is 11.0 Å². The number of carboxylic acid groups (broad SMARTS) is 1. The Bertz CT molecular complexity index is 1160. The van der Waals surface area contributed by atoms with Gasteiger partial charge in [-0.2, -0.15) is 0 Å². The molecule has 35 heavy (non-hydrogen) atoms. The van der Waals surface area contributed by atoms with Crippen LogP contribution >= 0.6 is 0 Å². The van der Waals surface area contributed by atoms with E-state index >= 15 is 0 Å². The number of aromatic nitrogens is 2. The zero-order valence-corrected chi connectivity index (χ0v) is 21.7. The van der Waals surface area contributed by atoms with Crippen molar-refractivity contribution in [2.45, 2.75) is 78.7 Å². The van der Waals surface area contributed by atoms with Gasteiger partial charge in [-0.3, -0.25) is 4.79 Å². The van der Waals surface area contributed by atoms with E-state index < -0.39 is 5.97 Å². The fourth-order valence-corrected chi connectivity index (χ4v) is 5.61. The van der Waals surface area contributed by atoms with Crippen LogP contribution in [-0.4, -0.2) is 27.2 Å². The molecule has 2 atom stereocenters. The lowest BCUT2D eigenvalue weighted by atomic mass is 9.70. The summed E-state index contributed by atoms with van der Waals surface area (Å²) >= 11 is 0. The van der Waals surface area contributed by atoms with Crippen LogP contribution in [-0.2, 0) is 4.79 Å². The Kier molecular flexibility index (Phi) is 7.39. The average Bonchev–Trinajstić information content (AvgIpc) is 3.12. The van der Waals surface area contributed by atoms with Crippen LogP contribution in [0.15, 0.2) is 42.5 Å². The van der Waals surface area contributed by atoms with Gasteiger partial charge in [-0.1, -0.05) is 46.8 Å². The first kappa shape index (κ1) is 25.1. The number of benzene rings is 2. The van der Waals surface area contributed by atoms with Crippen LogP contribution in [0.1, 0.15) is 84.2 Å². The van der Waals surface area contributed by atoms with E-state index in [4.69, 9.17) is 14.8 Å². The molecule has 0 amide bonds. The lowest BCUT2D eigenvalue weighted by Crippen LogP contribution is -2.29. The zero-order valence-electron chi connectivity index (χ0n) is 21.7. The number of aliphatic carboxylic acids is 1. The van der Waals surface area contributed by atoms with E-state index in [-0.39, 0.29) is 11.8 Å². The van der Waals surface area contributed by atoms with Crippen LogP contribution in [0.4, 0.5) is 11.6 Å². The Morgan fingerprint density at radius 2 is 1.94 bits per heavy atom. The number of rotatable bonds is 9. The quantitative estimate of drug-likeness (QED) is 0.311. The van der Waals surface area contributed by atoms with Gasteiger partial charge in [0.25, 0.3) is 0 Å². The SMILES string of the molecule is CC(C)c1ccc(Nc2nc3cc(OCCCC(=O)O)ccc3n2[C@H]2C[C@H](C)CC(C)(C)C2)cc1. The summed E-state index contributed by atoms with van der Waals surface area (Å²) in [5.74, 6) is 1.92. The van der Waals surface area contributed by atoms with Gasteiger partial charge in [-0.15, -0.1) is 0 Å². The summed E-state index contributed by atoms with van der Waals surface area (Å²) < 4.78 is 8.22. The number of nitrogens with one attached hydrogen (secondary N) is 1. The Hall–Kier alpha value is -3.02. The van der Waals surface area contributed by atoms with Gasteiger partial charge >= 0.3 is 5.97 Å². The Morgan fingerprint density at radius 1 is 1.20 bits per heavy atom. The van der Waals surface area contributed by atoms with Gasteiger partial charge in [0.15, 0.2) is 0 Å². The number of ether oxygens (including phenoxy) is 1. The second kappa shape index (κ2) is 10.3. The fraction of sp³-hybridized carbons (Fsp3) is 0.517. The molecule has 1 fully saturated rings. The monoisotopic (exact) mass is 477 g/mol. The van der Waals surface area contributed by atoms with E-state index in [1.165, 1.54) is 12.0 Å². The van der Waals surface area contributed by atoms with Gasteiger partial charge in [-0.05, 0) is 72.8 Å². The summed E-state index contributed by atoms with van der Waals surface area (Å²) in [7, 11) is 0. The van der Waals surface area contributed by atoms with E-state index in [9.17, 15) is 4.79 Å². The summed E-state index contributed by atoms with van der Waals surface area (Å²) in [5.41, 5.74) is 4.61. The standard InChI is InChI=1S/C29H39N3O3/c1-19(2)21-8-10-22(11-9-21)30-28-31-25-16-24(35-14-6-7-27(33)34)12-13-26(25)32(28)23-15-20(3)17-29(4,5)18-23/h8-13,16,19-20,23H,6-7,14-15,17-18H2,1-5H3,(H,30,31)(H,33,34)/t20-,23-/m0/s1. The molecule has 0 spiro atoms. The number of carboxylic acids is 1. The van der Waals surface area contributed by atoms with E-state index in [0.717, 1.165) is 41.3 Å². The molecule has 2 N–H and O–H groups in total. The minimum absolute atomic E-state index is 0.107. The molecule has 0 radical (unpaired) electrons. The normalized spacial score (nSPS) is 19.7. The van der Waals surface area contributed by atoms with Gasteiger partial charge in [0.1, 0.15) is 5.75 Å². The number of imidazole rings is 1. The third kappa shape index (κ3) is 6.16. The lowest BCUT2D eigenvalue weighted by Gasteiger charge is -2.40. The first-order chi connectivity index (χ1) is 16.6. The number of fused-ring (bicyclic) bond motifs is 1. The smallest absolute Gasteiger partial charge is 0.303 e. The van der Waals surface area contributed by atoms with E-state index in [1.807, 2.05) is 12.1 Å². The summed E-state index contributed by atoms with van der Waals surface area (Å²) in [6, 6.07) is 15.0. The van der Waals surface area contributed by atoms with Crippen molar-refractivity contribution in [3.8, 4) is 5.75 Å². The number of carbonyl (C=O) groups is 1. The molecule has 0 unspecified atom stereocenters. The summed E-state index contributed by atoms with van der Waals surface area (Å²) in [4.78, 5) is 15.8. The molecule has 0 aliphatic heterocycles. The highest BCUT2D eigenvalue weighted by atomic mass is 16.5. The number of hydrogen-bond donors (Lipinski definition) is 2. The molecule has 3 aromatic rings. The number of hydrogen-bond acceptors (Lipinski definition) is 4. The van der Waals surface area contributed by atoms with Gasteiger partial charge in [0.05, 0.1) is 17.6 Å². The molecular formula is C29H39N3O3. The van der Waals surface area contributed by atoms with Gasteiger partial charge in [0.2, 0.25) is 5.95 Å². The predicted octanol–water partition coefficient (Wildman–Crippen LogP) is 7.53. The molecule has 0 bridgehead atoms. The second-order valence-corrected chi connectivity index (χ2v) is 11.3. The Balaban J connectivity index is 1.66. The first-order valence-electron chi connectivity index (χ1n) is 12.8. The van der Waals surface area contributed by atoms with Crippen molar-refractivity contribution in [1.82, 2.24) is 9.55 Å². The number of anilines is 2. The van der Waals surface area contributed by atoms with Crippen LogP contribution in [0.2, 0.25) is 0 Å². The summed E-state index contributed by atoms with van der Waals surface area (Å²) in [6.07, 6.45) is 4.07. The lowest BCUT2D eigenvalue weighted by molar-refractivity contribution is -0.137. The third-order valence-electron chi connectivity index (χ3n) is 7.03. The number of nitrogens with zero attached hydrogens (tertiary/aromatic N) is 2. The molecule has 1 aromatic heterocycles.